The van der Waals surface area contributed by atoms with Crippen LogP contribution >= 0.6 is 11.6 Å². The van der Waals surface area contributed by atoms with Gasteiger partial charge in [-0.15, -0.1) is 0 Å². The molecule has 6 nitrogen and oxygen atoms in total. The molecule has 0 amide bonds. The van der Waals surface area contributed by atoms with Crippen molar-refractivity contribution in [3.8, 4) is 17.7 Å². The van der Waals surface area contributed by atoms with Gasteiger partial charge in [-0.05, 0) is 62.9 Å². The monoisotopic (exact) mass is 414 g/mol. The van der Waals surface area contributed by atoms with Crippen LogP contribution in [0.25, 0.3) is 0 Å². The number of hydrogen-bond donors (Lipinski definition) is 1. The number of carbonyl (C=O) groups excluding carboxylic acids is 1. The first-order valence-corrected chi connectivity index (χ1v) is 9.99. The standard InChI is InChI=1S/C22H23ClN2O4/c1-12-10-16(8-9-18(12)23)29-14(3)20(26)19-13(2)17(11-24)21(27)25(22(19)28)15-6-4-5-7-15/h8-10,14-15,28H,4-7H2,1-3H3. The maximum Gasteiger partial charge on any atom is 0.271 e. The Morgan fingerprint density at radius 2 is 2.00 bits per heavy atom. The summed E-state index contributed by atoms with van der Waals surface area (Å²) in [5.74, 6) is -0.406. The van der Waals surface area contributed by atoms with E-state index in [2.05, 4.69) is 0 Å². The molecule has 152 valence electrons. The van der Waals surface area contributed by atoms with Crippen LogP contribution in [0.3, 0.4) is 0 Å². The van der Waals surface area contributed by atoms with E-state index < -0.39 is 17.4 Å². The van der Waals surface area contributed by atoms with E-state index in [-0.39, 0.29) is 28.6 Å². The molecule has 29 heavy (non-hydrogen) atoms. The number of pyridine rings is 1. The summed E-state index contributed by atoms with van der Waals surface area (Å²) in [4.78, 5) is 25.9. The lowest BCUT2D eigenvalue weighted by molar-refractivity contribution is 0.0812. The van der Waals surface area contributed by atoms with E-state index >= 15 is 0 Å². The van der Waals surface area contributed by atoms with Crippen LogP contribution in [0.15, 0.2) is 23.0 Å². The Morgan fingerprint density at radius 3 is 2.59 bits per heavy atom. The summed E-state index contributed by atoms with van der Waals surface area (Å²) in [6.45, 7) is 4.90. The second-order valence-corrected chi connectivity index (χ2v) is 7.87. The van der Waals surface area contributed by atoms with Gasteiger partial charge in [0.2, 0.25) is 11.7 Å². The van der Waals surface area contributed by atoms with Gasteiger partial charge in [0.05, 0.1) is 5.56 Å². The van der Waals surface area contributed by atoms with E-state index in [9.17, 15) is 20.0 Å². The first-order valence-electron chi connectivity index (χ1n) is 9.61. The normalized spacial score (nSPS) is 15.1. The van der Waals surface area contributed by atoms with E-state index in [0.717, 1.165) is 31.2 Å². The molecular formula is C22H23ClN2O4. The molecule has 3 rings (SSSR count). The zero-order chi connectivity index (χ0) is 21.3. The predicted molar refractivity (Wildman–Crippen MR) is 110 cm³/mol. The number of ether oxygens (including phenoxy) is 1. The van der Waals surface area contributed by atoms with Crippen LogP contribution in [0.1, 0.15) is 65.7 Å². The number of ketones is 1. The quantitative estimate of drug-likeness (QED) is 0.729. The highest BCUT2D eigenvalue weighted by molar-refractivity contribution is 6.31. The molecule has 1 atom stereocenters. The van der Waals surface area contributed by atoms with Gasteiger partial charge in [-0.3, -0.25) is 14.2 Å². The molecular weight excluding hydrogens is 392 g/mol. The maximum atomic E-state index is 13.2. The zero-order valence-corrected chi connectivity index (χ0v) is 17.4. The fourth-order valence-electron chi connectivity index (χ4n) is 3.87. The van der Waals surface area contributed by atoms with Crippen LogP contribution in [-0.2, 0) is 0 Å². The highest BCUT2D eigenvalue weighted by atomic mass is 35.5. The van der Waals surface area contributed by atoms with Gasteiger partial charge < -0.3 is 9.84 Å². The minimum Gasteiger partial charge on any atom is -0.494 e. The van der Waals surface area contributed by atoms with Gasteiger partial charge in [0.15, 0.2) is 6.10 Å². The van der Waals surface area contributed by atoms with Gasteiger partial charge >= 0.3 is 0 Å². The lowest BCUT2D eigenvalue weighted by Crippen LogP contribution is -2.32. The first kappa shape index (κ1) is 20.9. The maximum absolute atomic E-state index is 13.2. The zero-order valence-electron chi connectivity index (χ0n) is 16.7. The van der Waals surface area contributed by atoms with Gasteiger partial charge in [-0.25, -0.2) is 0 Å². The van der Waals surface area contributed by atoms with Gasteiger partial charge in [-0.1, -0.05) is 24.4 Å². The molecule has 0 bridgehead atoms. The Labute approximate surface area is 174 Å². The van der Waals surface area contributed by atoms with Crippen LogP contribution in [0.5, 0.6) is 11.6 Å². The lowest BCUT2D eigenvalue weighted by Gasteiger charge is -2.22. The topological polar surface area (TPSA) is 92.3 Å². The molecule has 1 unspecified atom stereocenters. The Kier molecular flexibility index (Phi) is 5.99. The summed E-state index contributed by atoms with van der Waals surface area (Å²) in [5.41, 5.74) is 0.285. The molecule has 1 aliphatic rings. The predicted octanol–water partition coefficient (Wildman–Crippen LogP) is 4.46. The average Bonchev–Trinajstić information content (AvgIpc) is 3.19. The van der Waals surface area contributed by atoms with Crippen molar-refractivity contribution in [3.05, 3.63) is 55.8 Å². The summed E-state index contributed by atoms with van der Waals surface area (Å²) in [7, 11) is 0. The van der Waals surface area contributed by atoms with Crippen molar-refractivity contribution in [2.75, 3.05) is 0 Å². The Hall–Kier alpha value is -2.78. The van der Waals surface area contributed by atoms with Gasteiger partial charge in [0, 0.05) is 11.1 Å². The van der Waals surface area contributed by atoms with E-state index in [1.165, 1.54) is 11.5 Å². The minimum absolute atomic E-state index is 0.0359. The molecule has 1 heterocycles. The second kappa shape index (κ2) is 8.30. The molecule has 1 aromatic carbocycles. The molecule has 0 radical (unpaired) electrons. The molecule has 0 aliphatic heterocycles. The highest BCUT2D eigenvalue weighted by Crippen LogP contribution is 2.34. The van der Waals surface area contributed by atoms with Crippen molar-refractivity contribution in [2.24, 2.45) is 0 Å². The van der Waals surface area contributed by atoms with Crippen molar-refractivity contribution >= 4 is 17.4 Å². The number of aryl methyl sites for hydroxylation is 1. The van der Waals surface area contributed by atoms with Crippen LogP contribution < -0.4 is 10.3 Å². The van der Waals surface area contributed by atoms with E-state index in [0.29, 0.717) is 10.8 Å². The number of halogens is 1. The number of benzene rings is 1. The number of nitriles is 1. The van der Waals surface area contributed by atoms with Crippen molar-refractivity contribution in [2.45, 2.75) is 58.6 Å². The van der Waals surface area contributed by atoms with Gasteiger partial charge in [-0.2, -0.15) is 5.26 Å². The van der Waals surface area contributed by atoms with E-state index in [1.807, 2.05) is 13.0 Å². The third-order valence-electron chi connectivity index (χ3n) is 5.49. The number of hydrogen-bond acceptors (Lipinski definition) is 5. The number of rotatable bonds is 5. The number of nitrogens with zero attached hydrogens (tertiary/aromatic N) is 2. The van der Waals surface area contributed by atoms with Crippen molar-refractivity contribution in [1.29, 1.82) is 5.26 Å². The number of Topliss-reactive ketones (excluding diaryl/α,β-unsaturated/α-hetero) is 1. The van der Waals surface area contributed by atoms with Crippen LogP contribution in [0.4, 0.5) is 0 Å². The molecule has 7 heteroatoms. The third-order valence-corrected chi connectivity index (χ3v) is 5.92. The molecule has 0 spiro atoms. The second-order valence-electron chi connectivity index (χ2n) is 7.46. The summed E-state index contributed by atoms with van der Waals surface area (Å²) in [6, 6.07) is 6.75. The lowest BCUT2D eigenvalue weighted by atomic mass is 9.98. The molecule has 1 aliphatic carbocycles. The molecule has 1 saturated carbocycles. The fraction of sp³-hybridized carbons (Fsp3) is 0.409. The average molecular weight is 415 g/mol. The van der Waals surface area contributed by atoms with Gasteiger partial charge in [0.25, 0.3) is 5.56 Å². The Bertz CT molecular complexity index is 1060. The summed E-state index contributed by atoms with van der Waals surface area (Å²) in [6.07, 6.45) is 2.40. The molecule has 1 N–H and O–H groups in total. The van der Waals surface area contributed by atoms with Crippen LogP contribution in [0.2, 0.25) is 5.02 Å². The van der Waals surface area contributed by atoms with Crippen LogP contribution in [0, 0.1) is 25.2 Å². The van der Waals surface area contributed by atoms with Crippen LogP contribution in [-0.4, -0.2) is 21.6 Å². The highest BCUT2D eigenvalue weighted by Gasteiger charge is 2.31. The number of aromatic nitrogens is 1. The Balaban J connectivity index is 2.03. The number of carbonyl (C=O) groups is 1. The largest absolute Gasteiger partial charge is 0.494 e. The van der Waals surface area contributed by atoms with E-state index in [1.54, 1.807) is 25.1 Å². The molecule has 1 fully saturated rings. The van der Waals surface area contributed by atoms with Gasteiger partial charge in [0.1, 0.15) is 17.4 Å². The summed E-state index contributed by atoms with van der Waals surface area (Å²) in [5, 5.41) is 20.9. The number of aromatic hydroxyl groups is 1. The molecule has 2 aromatic rings. The van der Waals surface area contributed by atoms with Crippen molar-refractivity contribution in [3.63, 3.8) is 0 Å². The summed E-state index contributed by atoms with van der Waals surface area (Å²) >= 11 is 6.03. The van der Waals surface area contributed by atoms with Crippen molar-refractivity contribution < 1.29 is 14.6 Å². The first-order chi connectivity index (χ1) is 13.8. The molecule has 0 saturated heterocycles. The minimum atomic E-state index is -0.929. The Morgan fingerprint density at radius 1 is 1.34 bits per heavy atom. The molecule has 1 aromatic heterocycles. The van der Waals surface area contributed by atoms with Crippen molar-refractivity contribution in [1.82, 2.24) is 4.57 Å². The third kappa shape index (κ3) is 3.88. The summed E-state index contributed by atoms with van der Waals surface area (Å²) < 4.78 is 6.97. The SMILES string of the molecule is Cc1cc(OC(C)C(=O)c2c(C)c(C#N)c(=O)n(C3CCCC3)c2O)ccc1Cl. The van der Waals surface area contributed by atoms with E-state index in [4.69, 9.17) is 16.3 Å². The fourth-order valence-corrected chi connectivity index (χ4v) is 3.99. The smallest absolute Gasteiger partial charge is 0.271 e.